The standard InChI is InChI=1S/C27H29N3O5.C4H6O6/c1-2-11-29-12-10-26-21-14-6-7-18(31)22(21)35-23(26)17(8-9-27(26,34)19(29)13-14)30-24(32)15-4-3-5-16(28)20(15)25(30)33;5-1(3(7)8)2(6)4(9)10/h3-7,17,19,23,31,34H,2,8-13,28H2,1H3;1-2,5-6H,(H,7,8)(H,9,10)/t17-,19-,23+,26+,27-;/m1./s1. The molecule has 2 bridgehead atoms. The molecule has 240 valence electrons. The molecule has 5 aliphatic rings. The SMILES string of the molecule is CCCN1CC[C@]23c4c5ccc(O)c4O[C@H]2[C@H](N2C(=O)c4cccc(N)c4C2=O)CC[C@@]3(O)[C@H]1C5.O=C(O)C(O)C(O)C(=O)O. The summed E-state index contributed by atoms with van der Waals surface area (Å²) in [6, 6.07) is 7.90. The molecule has 1 spiro atoms. The van der Waals surface area contributed by atoms with Gasteiger partial charge in [0.05, 0.1) is 28.2 Å². The van der Waals surface area contributed by atoms with Crippen molar-refractivity contribution in [3.63, 3.8) is 0 Å². The van der Waals surface area contributed by atoms with E-state index >= 15 is 0 Å². The van der Waals surface area contributed by atoms with Gasteiger partial charge in [-0.05, 0) is 69.0 Å². The maximum absolute atomic E-state index is 13.6. The topological polar surface area (TPSA) is 231 Å². The van der Waals surface area contributed by atoms with Crippen LogP contribution in [0.4, 0.5) is 5.69 Å². The summed E-state index contributed by atoms with van der Waals surface area (Å²) in [7, 11) is 0. The number of ether oxygens (including phenoxy) is 1. The van der Waals surface area contributed by atoms with Crippen molar-refractivity contribution >= 4 is 29.4 Å². The van der Waals surface area contributed by atoms with Crippen molar-refractivity contribution in [1.29, 1.82) is 0 Å². The summed E-state index contributed by atoms with van der Waals surface area (Å²) in [4.78, 5) is 50.3. The predicted octanol–water partition coefficient (Wildman–Crippen LogP) is 0.0807. The van der Waals surface area contributed by atoms with Crippen molar-refractivity contribution in [2.45, 2.75) is 80.4 Å². The first-order valence-corrected chi connectivity index (χ1v) is 14.9. The molecule has 2 aliphatic carbocycles. The molecule has 7 rings (SSSR count). The van der Waals surface area contributed by atoms with Crippen molar-refractivity contribution in [2.75, 3.05) is 18.8 Å². The molecule has 0 radical (unpaired) electrons. The van der Waals surface area contributed by atoms with Gasteiger partial charge in [0.15, 0.2) is 23.7 Å². The Morgan fingerprint density at radius 2 is 1.76 bits per heavy atom. The molecule has 8 N–H and O–H groups in total. The molecule has 7 atom stereocenters. The highest BCUT2D eigenvalue weighted by molar-refractivity contribution is 6.23. The first-order chi connectivity index (χ1) is 21.3. The highest BCUT2D eigenvalue weighted by Crippen LogP contribution is 2.66. The molecule has 2 fully saturated rings. The van der Waals surface area contributed by atoms with E-state index in [1.54, 1.807) is 24.3 Å². The van der Waals surface area contributed by atoms with Crippen LogP contribution >= 0.6 is 0 Å². The number of rotatable bonds is 6. The number of nitrogens with zero attached hydrogens (tertiary/aromatic N) is 2. The number of piperidine rings is 1. The number of aromatic hydroxyl groups is 1. The number of nitrogen functional groups attached to an aromatic ring is 1. The number of hydrogen-bond donors (Lipinski definition) is 7. The predicted molar refractivity (Wildman–Crippen MR) is 155 cm³/mol. The molecule has 14 heteroatoms. The minimum Gasteiger partial charge on any atom is -0.504 e. The van der Waals surface area contributed by atoms with E-state index in [9.17, 15) is 29.4 Å². The lowest BCUT2D eigenvalue weighted by atomic mass is 9.48. The fraction of sp³-hybridized carbons (Fsp3) is 0.484. The van der Waals surface area contributed by atoms with Gasteiger partial charge in [0.25, 0.3) is 11.8 Å². The Kier molecular flexibility index (Phi) is 7.31. The summed E-state index contributed by atoms with van der Waals surface area (Å²) in [5, 5.41) is 55.8. The second-order valence-electron chi connectivity index (χ2n) is 12.3. The molecule has 2 amide bonds. The van der Waals surface area contributed by atoms with Crippen LogP contribution in [0.3, 0.4) is 0 Å². The Bertz CT molecular complexity index is 1600. The van der Waals surface area contributed by atoms with Crippen LogP contribution in [0.5, 0.6) is 11.5 Å². The van der Waals surface area contributed by atoms with E-state index < -0.39 is 53.2 Å². The van der Waals surface area contributed by atoms with Crippen molar-refractivity contribution in [3.8, 4) is 11.5 Å². The number of hydrogen-bond acceptors (Lipinski definition) is 11. The zero-order valence-electron chi connectivity index (χ0n) is 24.4. The number of imide groups is 1. The van der Waals surface area contributed by atoms with Crippen LogP contribution in [0.1, 0.15) is 64.4 Å². The van der Waals surface area contributed by atoms with Crippen LogP contribution in [0.25, 0.3) is 0 Å². The number of aliphatic hydroxyl groups is 3. The van der Waals surface area contributed by atoms with E-state index in [1.807, 2.05) is 6.07 Å². The average molecular weight is 626 g/mol. The normalized spacial score (nSPS) is 30.4. The Morgan fingerprint density at radius 3 is 2.38 bits per heavy atom. The highest BCUT2D eigenvalue weighted by Gasteiger charge is 2.74. The van der Waals surface area contributed by atoms with Crippen LogP contribution in [-0.2, 0) is 21.4 Å². The second-order valence-corrected chi connectivity index (χ2v) is 12.3. The molecule has 2 aromatic rings. The third-order valence-electron chi connectivity index (χ3n) is 10.2. The van der Waals surface area contributed by atoms with Gasteiger partial charge in [-0.2, -0.15) is 0 Å². The molecular formula is C31H35N3O11. The third kappa shape index (κ3) is 4.16. The maximum Gasteiger partial charge on any atom is 0.335 e. The Morgan fingerprint density at radius 1 is 1.07 bits per heavy atom. The summed E-state index contributed by atoms with van der Waals surface area (Å²) >= 11 is 0. The number of carboxylic acid groups (broad SMARTS) is 2. The molecule has 2 aromatic carbocycles. The van der Waals surface area contributed by atoms with Crippen LogP contribution in [-0.4, -0.2) is 113 Å². The van der Waals surface area contributed by atoms with Gasteiger partial charge in [0.1, 0.15) is 6.10 Å². The van der Waals surface area contributed by atoms with Gasteiger partial charge in [-0.1, -0.05) is 19.1 Å². The van der Waals surface area contributed by atoms with E-state index in [4.69, 9.17) is 30.9 Å². The number of phenolic OH excluding ortho intramolecular Hbond substituents is 1. The fourth-order valence-corrected chi connectivity index (χ4v) is 8.32. The number of carbonyl (C=O) groups excluding carboxylic acids is 2. The third-order valence-corrected chi connectivity index (χ3v) is 10.2. The number of anilines is 1. The van der Waals surface area contributed by atoms with E-state index in [1.165, 1.54) is 4.90 Å². The van der Waals surface area contributed by atoms with Gasteiger partial charge in [-0.3, -0.25) is 19.4 Å². The van der Waals surface area contributed by atoms with Crippen LogP contribution < -0.4 is 10.5 Å². The van der Waals surface area contributed by atoms with Crippen molar-refractivity contribution in [2.24, 2.45) is 0 Å². The summed E-state index contributed by atoms with van der Waals surface area (Å²) in [6.07, 6.45) is -1.99. The zero-order chi connectivity index (χ0) is 32.6. The number of amides is 2. The first-order valence-electron chi connectivity index (χ1n) is 14.9. The number of phenols is 1. The summed E-state index contributed by atoms with van der Waals surface area (Å²) in [6.45, 7) is 3.83. The minimum absolute atomic E-state index is 0.0367. The van der Waals surface area contributed by atoms with Gasteiger partial charge < -0.3 is 41.1 Å². The molecule has 0 aromatic heterocycles. The Labute approximate surface area is 257 Å². The van der Waals surface area contributed by atoms with Crippen molar-refractivity contribution < 1.29 is 54.6 Å². The van der Waals surface area contributed by atoms with Gasteiger partial charge in [-0.25, -0.2) is 9.59 Å². The van der Waals surface area contributed by atoms with Crippen LogP contribution in [0.15, 0.2) is 30.3 Å². The molecule has 14 nitrogen and oxygen atoms in total. The average Bonchev–Trinajstić information content (AvgIpc) is 3.48. The molecule has 45 heavy (non-hydrogen) atoms. The van der Waals surface area contributed by atoms with E-state index in [0.29, 0.717) is 37.0 Å². The van der Waals surface area contributed by atoms with E-state index in [2.05, 4.69) is 11.8 Å². The van der Waals surface area contributed by atoms with Crippen molar-refractivity contribution in [3.05, 3.63) is 52.6 Å². The Hall–Kier alpha value is -4.24. The lowest BCUT2D eigenvalue weighted by Crippen LogP contribution is -2.78. The molecule has 3 heterocycles. The summed E-state index contributed by atoms with van der Waals surface area (Å²) in [5.74, 6) is -3.88. The number of aliphatic hydroxyl groups excluding tert-OH is 2. The zero-order valence-corrected chi connectivity index (χ0v) is 24.4. The number of benzene rings is 2. The number of nitrogens with two attached hydrogens (primary N) is 1. The monoisotopic (exact) mass is 625 g/mol. The number of carbonyl (C=O) groups is 4. The Balaban J connectivity index is 0.000000311. The van der Waals surface area contributed by atoms with Gasteiger partial charge in [0.2, 0.25) is 0 Å². The summed E-state index contributed by atoms with van der Waals surface area (Å²) in [5.41, 5.74) is 7.01. The molecule has 1 saturated heterocycles. The van der Waals surface area contributed by atoms with Crippen LogP contribution in [0, 0.1) is 0 Å². The molecule has 2 unspecified atom stereocenters. The smallest absolute Gasteiger partial charge is 0.335 e. The van der Waals surface area contributed by atoms with E-state index in [-0.39, 0.29) is 28.9 Å². The number of aliphatic carboxylic acids is 2. The summed E-state index contributed by atoms with van der Waals surface area (Å²) < 4.78 is 6.51. The second kappa shape index (κ2) is 10.7. The van der Waals surface area contributed by atoms with Gasteiger partial charge in [0, 0.05) is 17.3 Å². The quantitative estimate of drug-likeness (QED) is 0.167. The number of carboxylic acids is 2. The van der Waals surface area contributed by atoms with E-state index in [0.717, 1.165) is 30.6 Å². The lowest BCUT2D eigenvalue weighted by molar-refractivity contribution is -0.195. The maximum atomic E-state index is 13.6. The number of likely N-dealkylation sites (tertiary alicyclic amines) is 1. The molecule has 1 saturated carbocycles. The highest BCUT2D eigenvalue weighted by atomic mass is 16.5. The fourth-order valence-electron chi connectivity index (χ4n) is 8.32. The largest absolute Gasteiger partial charge is 0.504 e. The van der Waals surface area contributed by atoms with Crippen molar-refractivity contribution in [1.82, 2.24) is 9.80 Å². The van der Waals surface area contributed by atoms with Gasteiger partial charge >= 0.3 is 11.9 Å². The number of fused-ring (bicyclic) bond motifs is 1. The molecule has 3 aliphatic heterocycles. The molecular weight excluding hydrogens is 590 g/mol. The van der Waals surface area contributed by atoms with Gasteiger partial charge in [-0.15, -0.1) is 0 Å². The first kappa shape index (κ1) is 30.8. The lowest BCUT2D eigenvalue weighted by Gasteiger charge is -2.64. The van der Waals surface area contributed by atoms with Crippen LogP contribution in [0.2, 0.25) is 0 Å². The minimum atomic E-state index is -2.27.